The van der Waals surface area contributed by atoms with E-state index in [0.717, 1.165) is 48.8 Å². The largest absolute Gasteiger partial charge is 0.354 e. The number of nitrogens with zero attached hydrogens (tertiary/aromatic N) is 4. The number of nitrogens with one attached hydrogen (secondary N) is 1. The van der Waals surface area contributed by atoms with Gasteiger partial charge in [-0.3, -0.25) is 0 Å². The molecule has 1 fully saturated rings. The van der Waals surface area contributed by atoms with Gasteiger partial charge in [0.2, 0.25) is 0 Å². The van der Waals surface area contributed by atoms with Gasteiger partial charge < -0.3 is 10.2 Å². The summed E-state index contributed by atoms with van der Waals surface area (Å²) in [5.41, 5.74) is 4.12. The number of rotatable bonds is 2. The molecule has 0 aromatic carbocycles. The Hall–Kier alpha value is -2.11. The molecular formula is C17H18ClN5. The molecule has 6 heteroatoms. The van der Waals surface area contributed by atoms with Crippen molar-refractivity contribution in [3.63, 3.8) is 0 Å². The molecule has 0 atom stereocenters. The minimum Gasteiger partial charge on any atom is -0.354 e. The summed E-state index contributed by atoms with van der Waals surface area (Å²) in [5.74, 6) is 0.931. The van der Waals surface area contributed by atoms with E-state index in [9.17, 15) is 0 Å². The number of hydrogen-bond donors (Lipinski definition) is 1. The van der Waals surface area contributed by atoms with E-state index in [-0.39, 0.29) is 0 Å². The zero-order valence-electron chi connectivity index (χ0n) is 13.0. The van der Waals surface area contributed by atoms with Crippen LogP contribution < -0.4 is 10.2 Å². The van der Waals surface area contributed by atoms with Gasteiger partial charge in [-0.25, -0.2) is 9.50 Å². The number of aryl methyl sites for hydroxylation is 1. The lowest BCUT2D eigenvalue weighted by atomic mass is 10.1. The van der Waals surface area contributed by atoms with Crippen molar-refractivity contribution in [3.8, 4) is 11.3 Å². The Bertz CT molecular complexity index is 851. The topological polar surface area (TPSA) is 45.5 Å². The van der Waals surface area contributed by atoms with Gasteiger partial charge in [0, 0.05) is 43.0 Å². The number of piperazine rings is 1. The Morgan fingerprint density at radius 1 is 1.17 bits per heavy atom. The SMILES string of the molecule is Cc1ccn2ncc(-c3cc(Cl)cc(N4CCNCC4)n3)c2c1. The van der Waals surface area contributed by atoms with Gasteiger partial charge in [0.15, 0.2) is 0 Å². The van der Waals surface area contributed by atoms with Crippen molar-refractivity contribution >= 4 is 22.9 Å². The molecule has 1 saturated heterocycles. The first kappa shape index (κ1) is 14.5. The van der Waals surface area contributed by atoms with Crippen molar-refractivity contribution in [3.05, 3.63) is 47.2 Å². The molecule has 118 valence electrons. The lowest BCUT2D eigenvalue weighted by molar-refractivity contribution is 0.585. The number of hydrogen-bond acceptors (Lipinski definition) is 4. The Morgan fingerprint density at radius 3 is 2.83 bits per heavy atom. The zero-order valence-corrected chi connectivity index (χ0v) is 13.7. The van der Waals surface area contributed by atoms with Crippen molar-refractivity contribution in [1.29, 1.82) is 0 Å². The first-order valence-corrected chi connectivity index (χ1v) is 8.16. The van der Waals surface area contributed by atoms with Crippen LogP contribution in [-0.4, -0.2) is 40.8 Å². The molecule has 0 saturated carbocycles. The summed E-state index contributed by atoms with van der Waals surface area (Å²) in [7, 11) is 0. The normalized spacial score (nSPS) is 15.3. The molecule has 0 amide bonds. The molecule has 3 aromatic rings. The summed E-state index contributed by atoms with van der Waals surface area (Å²) < 4.78 is 1.87. The van der Waals surface area contributed by atoms with Crippen LogP contribution in [0.25, 0.3) is 16.8 Å². The predicted octanol–water partition coefficient (Wildman–Crippen LogP) is 2.77. The molecule has 1 aliphatic heterocycles. The number of halogens is 1. The van der Waals surface area contributed by atoms with Crippen molar-refractivity contribution in [1.82, 2.24) is 19.9 Å². The average Bonchev–Trinajstić information content (AvgIpc) is 2.98. The molecule has 0 aliphatic carbocycles. The first-order valence-electron chi connectivity index (χ1n) is 7.78. The van der Waals surface area contributed by atoms with Gasteiger partial charge in [-0.2, -0.15) is 5.10 Å². The first-order chi connectivity index (χ1) is 11.2. The van der Waals surface area contributed by atoms with Crippen molar-refractivity contribution in [2.24, 2.45) is 0 Å². The maximum Gasteiger partial charge on any atom is 0.130 e. The van der Waals surface area contributed by atoms with Crippen LogP contribution in [0.15, 0.2) is 36.7 Å². The maximum atomic E-state index is 6.36. The Labute approximate surface area is 139 Å². The minimum atomic E-state index is 0.704. The van der Waals surface area contributed by atoms with Gasteiger partial charge in [-0.05, 0) is 36.8 Å². The fraction of sp³-hybridized carbons (Fsp3) is 0.294. The highest BCUT2D eigenvalue weighted by atomic mass is 35.5. The fourth-order valence-corrected chi connectivity index (χ4v) is 3.16. The predicted molar refractivity (Wildman–Crippen MR) is 93.3 cm³/mol. The number of anilines is 1. The van der Waals surface area contributed by atoms with E-state index in [1.807, 2.05) is 35.1 Å². The number of aromatic nitrogens is 3. The highest BCUT2D eigenvalue weighted by molar-refractivity contribution is 6.31. The van der Waals surface area contributed by atoms with E-state index in [1.54, 1.807) is 0 Å². The maximum absolute atomic E-state index is 6.36. The third kappa shape index (κ3) is 2.78. The molecule has 0 bridgehead atoms. The number of pyridine rings is 2. The van der Waals surface area contributed by atoms with Gasteiger partial charge >= 0.3 is 0 Å². The monoisotopic (exact) mass is 327 g/mol. The molecule has 1 aliphatic rings. The molecule has 0 radical (unpaired) electrons. The molecule has 23 heavy (non-hydrogen) atoms. The van der Waals surface area contributed by atoms with Gasteiger partial charge in [0.25, 0.3) is 0 Å². The molecule has 0 unspecified atom stereocenters. The van der Waals surface area contributed by atoms with Gasteiger partial charge in [-0.1, -0.05) is 11.6 Å². The Morgan fingerprint density at radius 2 is 2.00 bits per heavy atom. The van der Waals surface area contributed by atoms with Crippen molar-refractivity contribution in [2.45, 2.75) is 6.92 Å². The van der Waals surface area contributed by atoms with Crippen LogP contribution in [0.1, 0.15) is 5.56 Å². The van der Waals surface area contributed by atoms with E-state index in [2.05, 4.69) is 28.3 Å². The van der Waals surface area contributed by atoms with E-state index < -0.39 is 0 Å². The smallest absolute Gasteiger partial charge is 0.130 e. The Balaban J connectivity index is 1.81. The van der Waals surface area contributed by atoms with E-state index in [1.165, 1.54) is 5.56 Å². The van der Waals surface area contributed by atoms with E-state index in [0.29, 0.717) is 5.02 Å². The van der Waals surface area contributed by atoms with Crippen molar-refractivity contribution in [2.75, 3.05) is 31.1 Å². The van der Waals surface area contributed by atoms with Crippen LogP contribution in [0.5, 0.6) is 0 Å². The Kier molecular flexibility index (Phi) is 3.67. The quantitative estimate of drug-likeness (QED) is 0.786. The second kappa shape index (κ2) is 5.83. The van der Waals surface area contributed by atoms with E-state index >= 15 is 0 Å². The van der Waals surface area contributed by atoms with Crippen LogP contribution >= 0.6 is 11.6 Å². The summed E-state index contributed by atoms with van der Waals surface area (Å²) in [4.78, 5) is 7.11. The van der Waals surface area contributed by atoms with E-state index in [4.69, 9.17) is 16.6 Å². The second-order valence-corrected chi connectivity index (χ2v) is 6.29. The summed E-state index contributed by atoms with van der Waals surface area (Å²) >= 11 is 6.36. The summed E-state index contributed by atoms with van der Waals surface area (Å²) in [6.45, 7) is 5.91. The molecule has 0 spiro atoms. The lowest BCUT2D eigenvalue weighted by Gasteiger charge is -2.28. The van der Waals surface area contributed by atoms with Gasteiger partial charge in [0.05, 0.1) is 17.4 Å². The van der Waals surface area contributed by atoms with Crippen LogP contribution in [0.4, 0.5) is 5.82 Å². The standard InChI is InChI=1S/C17H18ClN5/c1-12-2-5-23-16(8-12)14(11-20-23)15-9-13(18)10-17(21-15)22-6-3-19-4-7-22/h2,5,8-11,19H,3-4,6-7H2,1H3. The molecule has 4 rings (SSSR count). The summed E-state index contributed by atoms with van der Waals surface area (Å²) in [6.07, 6.45) is 3.82. The highest BCUT2D eigenvalue weighted by Crippen LogP contribution is 2.29. The third-order valence-electron chi connectivity index (χ3n) is 4.17. The fourth-order valence-electron chi connectivity index (χ4n) is 2.96. The second-order valence-electron chi connectivity index (χ2n) is 5.86. The summed E-state index contributed by atoms with van der Waals surface area (Å²) in [5, 5.41) is 8.48. The molecule has 3 aromatic heterocycles. The van der Waals surface area contributed by atoms with Crippen LogP contribution in [0.2, 0.25) is 5.02 Å². The lowest BCUT2D eigenvalue weighted by Crippen LogP contribution is -2.43. The van der Waals surface area contributed by atoms with Crippen LogP contribution in [0, 0.1) is 6.92 Å². The van der Waals surface area contributed by atoms with Gasteiger partial charge in [-0.15, -0.1) is 0 Å². The van der Waals surface area contributed by atoms with Crippen LogP contribution in [0.3, 0.4) is 0 Å². The zero-order chi connectivity index (χ0) is 15.8. The third-order valence-corrected chi connectivity index (χ3v) is 4.39. The molecule has 5 nitrogen and oxygen atoms in total. The minimum absolute atomic E-state index is 0.704. The van der Waals surface area contributed by atoms with Crippen molar-refractivity contribution < 1.29 is 0 Å². The van der Waals surface area contributed by atoms with Gasteiger partial charge in [0.1, 0.15) is 5.82 Å². The van der Waals surface area contributed by atoms with Crippen LogP contribution in [-0.2, 0) is 0 Å². The highest BCUT2D eigenvalue weighted by Gasteiger charge is 2.15. The summed E-state index contributed by atoms with van der Waals surface area (Å²) in [6, 6.07) is 8.01. The molecule has 1 N–H and O–H groups in total. The average molecular weight is 328 g/mol. The number of fused-ring (bicyclic) bond motifs is 1. The molecular weight excluding hydrogens is 310 g/mol. The molecule has 4 heterocycles.